The molecule has 8 heteroatoms. The Balaban J connectivity index is 2.03. The lowest BCUT2D eigenvalue weighted by Gasteiger charge is -2.26. The predicted octanol–water partition coefficient (Wildman–Crippen LogP) is 0.220. The Morgan fingerprint density at radius 2 is 2.00 bits per heavy atom. The molecule has 1 saturated carbocycles. The highest BCUT2D eigenvalue weighted by atomic mass is 32.2. The first-order valence-electron chi connectivity index (χ1n) is 7.38. The molecule has 2 amide bonds. The Bertz CT molecular complexity index is 790. The molecule has 1 heterocycles. The molecule has 1 aromatic rings. The first kappa shape index (κ1) is 15.8. The lowest BCUT2D eigenvalue weighted by Crippen LogP contribution is -2.46. The second-order valence-electron chi connectivity index (χ2n) is 6.16. The van der Waals surface area contributed by atoms with E-state index in [1.54, 1.807) is 13.1 Å². The van der Waals surface area contributed by atoms with E-state index in [0.717, 1.165) is 12.7 Å². The Morgan fingerprint density at radius 3 is 2.57 bits per heavy atom. The van der Waals surface area contributed by atoms with Crippen LogP contribution >= 0.6 is 0 Å². The van der Waals surface area contributed by atoms with Gasteiger partial charge in [-0.3, -0.25) is 9.59 Å². The quantitative estimate of drug-likeness (QED) is 0.817. The summed E-state index contributed by atoms with van der Waals surface area (Å²) in [7, 11) is -1.78. The molecule has 0 radical (unpaired) electrons. The van der Waals surface area contributed by atoms with Crippen LogP contribution in [0, 0.1) is 5.92 Å². The van der Waals surface area contributed by atoms with E-state index in [9.17, 15) is 18.0 Å². The van der Waals surface area contributed by atoms with Crippen LogP contribution in [0.1, 0.15) is 23.2 Å². The number of carbonyl (C=O) groups excluding carboxylic acids is 2. The van der Waals surface area contributed by atoms with Crippen LogP contribution in [0.5, 0.6) is 0 Å². The molecule has 1 aliphatic heterocycles. The molecule has 1 aromatic carbocycles. The van der Waals surface area contributed by atoms with E-state index < -0.39 is 21.8 Å². The van der Waals surface area contributed by atoms with Gasteiger partial charge in [-0.1, -0.05) is 0 Å². The Morgan fingerprint density at radius 1 is 1.30 bits per heavy atom. The molecule has 1 aliphatic carbocycles. The van der Waals surface area contributed by atoms with Crippen molar-refractivity contribution in [2.24, 2.45) is 11.7 Å². The van der Waals surface area contributed by atoms with Crippen LogP contribution in [-0.4, -0.2) is 50.5 Å². The van der Waals surface area contributed by atoms with Gasteiger partial charge in [0.05, 0.1) is 10.5 Å². The maximum atomic E-state index is 12.9. The van der Waals surface area contributed by atoms with E-state index in [0.29, 0.717) is 18.0 Å². The minimum Gasteiger partial charge on any atom is -0.387 e. The van der Waals surface area contributed by atoms with Crippen molar-refractivity contribution >= 4 is 27.3 Å². The van der Waals surface area contributed by atoms with Gasteiger partial charge in [-0.05, 0) is 37.0 Å². The fourth-order valence-electron chi connectivity index (χ4n) is 3.29. The van der Waals surface area contributed by atoms with Crippen molar-refractivity contribution in [1.29, 1.82) is 0 Å². The third-order valence-corrected chi connectivity index (χ3v) is 5.70. The van der Waals surface area contributed by atoms with Crippen molar-refractivity contribution < 1.29 is 18.0 Å². The zero-order valence-corrected chi connectivity index (χ0v) is 13.8. The molecule has 2 aliphatic rings. The standard InChI is InChI=1S/C15H19N3O4S/c1-17-11-4-3-9(23(2,21)22)7-10(11)15(20)18-12-5-8(12)6-13(18)14(16)19/h3-4,7-8,12-13,17H,5-6H2,1-2H3,(H2,16,19). The topological polar surface area (TPSA) is 110 Å². The molecule has 23 heavy (non-hydrogen) atoms. The van der Waals surface area contributed by atoms with Gasteiger partial charge in [0.1, 0.15) is 6.04 Å². The van der Waals surface area contributed by atoms with Crippen LogP contribution in [0.2, 0.25) is 0 Å². The number of sulfone groups is 1. The number of nitrogens with one attached hydrogen (secondary N) is 1. The molecule has 1 saturated heterocycles. The highest BCUT2D eigenvalue weighted by Gasteiger charge is 2.55. The number of nitrogens with zero attached hydrogens (tertiary/aromatic N) is 1. The van der Waals surface area contributed by atoms with Crippen LogP contribution in [0.25, 0.3) is 0 Å². The summed E-state index contributed by atoms with van der Waals surface area (Å²) in [4.78, 5) is 26.1. The third kappa shape index (κ3) is 2.67. The van der Waals surface area contributed by atoms with Crippen LogP contribution in [0.15, 0.2) is 23.1 Å². The third-order valence-electron chi connectivity index (χ3n) is 4.59. The van der Waals surface area contributed by atoms with Gasteiger partial charge in [0, 0.05) is 25.0 Å². The van der Waals surface area contributed by atoms with Crippen molar-refractivity contribution in [2.75, 3.05) is 18.6 Å². The SMILES string of the molecule is CNc1ccc(S(C)(=O)=O)cc1C(=O)N1C(C(N)=O)CC2CC21. The molecule has 0 spiro atoms. The Hall–Kier alpha value is -2.09. The summed E-state index contributed by atoms with van der Waals surface area (Å²) in [5.74, 6) is -0.544. The fourth-order valence-corrected chi connectivity index (χ4v) is 3.94. The maximum Gasteiger partial charge on any atom is 0.256 e. The van der Waals surface area contributed by atoms with E-state index >= 15 is 0 Å². The highest BCUT2D eigenvalue weighted by Crippen LogP contribution is 2.48. The van der Waals surface area contributed by atoms with Crippen molar-refractivity contribution in [3.63, 3.8) is 0 Å². The number of primary amides is 1. The molecule has 7 nitrogen and oxygen atoms in total. The average Bonchev–Trinajstić information content (AvgIpc) is 3.15. The number of rotatable bonds is 4. The second kappa shape index (κ2) is 5.23. The van der Waals surface area contributed by atoms with Crippen molar-refractivity contribution in [3.05, 3.63) is 23.8 Å². The highest BCUT2D eigenvalue weighted by molar-refractivity contribution is 7.90. The summed E-state index contributed by atoms with van der Waals surface area (Å²) in [5, 5.41) is 2.89. The molecular formula is C15H19N3O4S. The second-order valence-corrected chi connectivity index (χ2v) is 8.17. The number of piperidine rings is 1. The number of fused-ring (bicyclic) bond motifs is 1. The minimum absolute atomic E-state index is 0.0339. The summed E-state index contributed by atoms with van der Waals surface area (Å²) in [6.07, 6.45) is 2.55. The first-order valence-corrected chi connectivity index (χ1v) is 9.27. The summed E-state index contributed by atoms with van der Waals surface area (Å²) >= 11 is 0. The summed E-state index contributed by atoms with van der Waals surface area (Å²) in [6.45, 7) is 0. The predicted molar refractivity (Wildman–Crippen MR) is 84.8 cm³/mol. The van der Waals surface area contributed by atoms with Crippen molar-refractivity contribution in [1.82, 2.24) is 4.90 Å². The normalized spacial score (nSPS) is 25.8. The van der Waals surface area contributed by atoms with Crippen molar-refractivity contribution in [2.45, 2.75) is 29.8 Å². The molecule has 2 fully saturated rings. The molecule has 0 aromatic heterocycles. The number of anilines is 1. The van der Waals surface area contributed by atoms with Gasteiger partial charge in [0.15, 0.2) is 9.84 Å². The molecule has 3 unspecified atom stereocenters. The summed E-state index contributed by atoms with van der Waals surface area (Å²) in [5.41, 5.74) is 6.18. The molecule has 0 bridgehead atoms. The monoisotopic (exact) mass is 337 g/mol. The van der Waals surface area contributed by atoms with Gasteiger partial charge >= 0.3 is 0 Å². The first-order chi connectivity index (χ1) is 10.7. The average molecular weight is 337 g/mol. The molecule has 124 valence electrons. The van der Waals surface area contributed by atoms with Gasteiger partial charge in [-0.15, -0.1) is 0 Å². The molecule has 3 N–H and O–H groups in total. The number of hydrogen-bond acceptors (Lipinski definition) is 5. The van der Waals surface area contributed by atoms with Crippen LogP contribution in [-0.2, 0) is 14.6 Å². The van der Waals surface area contributed by atoms with Crippen LogP contribution in [0.3, 0.4) is 0 Å². The van der Waals surface area contributed by atoms with Gasteiger partial charge < -0.3 is 16.0 Å². The van der Waals surface area contributed by atoms with Crippen LogP contribution in [0.4, 0.5) is 5.69 Å². The lowest BCUT2D eigenvalue weighted by molar-refractivity contribution is -0.122. The Labute approximate surface area is 134 Å². The lowest BCUT2D eigenvalue weighted by atomic mass is 10.1. The van der Waals surface area contributed by atoms with Crippen molar-refractivity contribution in [3.8, 4) is 0 Å². The van der Waals surface area contributed by atoms with E-state index in [-0.39, 0.29) is 22.4 Å². The number of nitrogens with two attached hydrogens (primary N) is 1. The number of benzene rings is 1. The van der Waals surface area contributed by atoms with Gasteiger partial charge in [0.2, 0.25) is 5.91 Å². The number of likely N-dealkylation sites (tertiary alicyclic amines) is 1. The summed E-state index contributed by atoms with van der Waals surface area (Å²) < 4.78 is 23.5. The van der Waals surface area contributed by atoms with Crippen LogP contribution < -0.4 is 11.1 Å². The largest absolute Gasteiger partial charge is 0.387 e. The van der Waals surface area contributed by atoms with Gasteiger partial charge in [-0.2, -0.15) is 0 Å². The summed E-state index contributed by atoms with van der Waals surface area (Å²) in [6, 6.07) is 3.79. The van der Waals surface area contributed by atoms with Gasteiger partial charge in [-0.25, -0.2) is 8.42 Å². The zero-order valence-electron chi connectivity index (χ0n) is 12.9. The maximum absolute atomic E-state index is 12.9. The fraction of sp³-hybridized carbons (Fsp3) is 0.467. The number of hydrogen-bond donors (Lipinski definition) is 2. The van der Waals surface area contributed by atoms with E-state index in [1.165, 1.54) is 17.0 Å². The smallest absolute Gasteiger partial charge is 0.256 e. The molecule has 3 rings (SSSR count). The van der Waals surface area contributed by atoms with E-state index in [2.05, 4.69) is 5.32 Å². The minimum atomic E-state index is -3.43. The number of carbonyl (C=O) groups is 2. The molecule has 3 atom stereocenters. The van der Waals surface area contributed by atoms with Gasteiger partial charge in [0.25, 0.3) is 5.91 Å². The van der Waals surface area contributed by atoms with E-state index in [4.69, 9.17) is 5.73 Å². The molecular weight excluding hydrogens is 318 g/mol. The van der Waals surface area contributed by atoms with E-state index in [1.807, 2.05) is 0 Å². The number of amides is 2. The Kier molecular flexibility index (Phi) is 3.59. The zero-order chi connectivity index (χ0) is 16.9.